The molecule has 0 saturated carbocycles. The Bertz CT molecular complexity index is 566. The Balaban J connectivity index is 2.19. The van der Waals surface area contributed by atoms with Gasteiger partial charge in [-0.2, -0.15) is 0 Å². The first-order valence-electron chi connectivity index (χ1n) is 5.93. The van der Waals surface area contributed by atoms with E-state index in [1.807, 2.05) is 24.3 Å². The maximum absolute atomic E-state index is 11.3. The Morgan fingerprint density at radius 2 is 2.16 bits per heavy atom. The van der Waals surface area contributed by atoms with Crippen LogP contribution in [0.4, 0.5) is 0 Å². The zero-order valence-electron chi connectivity index (χ0n) is 10.9. The molecule has 6 heteroatoms. The van der Waals surface area contributed by atoms with Crippen molar-refractivity contribution in [3.8, 4) is 17.0 Å². The van der Waals surface area contributed by atoms with Gasteiger partial charge in [0.25, 0.3) is 0 Å². The number of ether oxygens (including phenoxy) is 2. The van der Waals surface area contributed by atoms with Crippen LogP contribution in [0.2, 0.25) is 0 Å². The van der Waals surface area contributed by atoms with Crippen LogP contribution in [-0.2, 0) is 16.1 Å². The maximum Gasteiger partial charge on any atom is 0.327 e. The van der Waals surface area contributed by atoms with Crippen LogP contribution in [0.3, 0.4) is 0 Å². The molecule has 0 bridgehead atoms. The highest BCUT2D eigenvalue weighted by Crippen LogP contribution is 2.27. The molecule has 2 aromatic rings. The molecule has 0 unspecified atom stereocenters. The van der Waals surface area contributed by atoms with E-state index in [4.69, 9.17) is 9.47 Å². The van der Waals surface area contributed by atoms with Crippen LogP contribution in [0.5, 0.6) is 5.75 Å². The zero-order chi connectivity index (χ0) is 13.7. The monoisotopic (exact) mass is 261 g/mol. The van der Waals surface area contributed by atoms with E-state index in [2.05, 4.69) is 10.3 Å². The fourth-order valence-electron chi connectivity index (χ4n) is 1.69. The van der Waals surface area contributed by atoms with Crippen molar-refractivity contribution in [2.24, 2.45) is 0 Å². The fraction of sp³-hybridized carbons (Fsp3) is 0.308. The number of para-hydroxylation sites is 1. The van der Waals surface area contributed by atoms with Gasteiger partial charge < -0.3 is 9.47 Å². The SMILES string of the molecule is CCOC(=O)Cn1cc(-c2ccccc2OC)nn1. The van der Waals surface area contributed by atoms with Gasteiger partial charge in [-0.15, -0.1) is 5.10 Å². The van der Waals surface area contributed by atoms with E-state index in [1.165, 1.54) is 4.68 Å². The molecule has 0 aliphatic carbocycles. The molecule has 19 heavy (non-hydrogen) atoms. The van der Waals surface area contributed by atoms with Crippen LogP contribution in [0.15, 0.2) is 30.5 Å². The highest BCUT2D eigenvalue weighted by Gasteiger charge is 2.11. The molecule has 0 N–H and O–H groups in total. The molecular weight excluding hydrogens is 246 g/mol. The molecule has 6 nitrogen and oxygen atoms in total. The number of hydrogen-bond donors (Lipinski definition) is 0. The van der Waals surface area contributed by atoms with E-state index >= 15 is 0 Å². The topological polar surface area (TPSA) is 66.2 Å². The summed E-state index contributed by atoms with van der Waals surface area (Å²) in [5.41, 5.74) is 1.49. The van der Waals surface area contributed by atoms with Gasteiger partial charge in [-0.25, -0.2) is 4.68 Å². The van der Waals surface area contributed by atoms with E-state index in [-0.39, 0.29) is 12.5 Å². The fourth-order valence-corrected chi connectivity index (χ4v) is 1.69. The third-order valence-electron chi connectivity index (χ3n) is 2.52. The van der Waals surface area contributed by atoms with E-state index in [9.17, 15) is 4.79 Å². The van der Waals surface area contributed by atoms with Crippen LogP contribution >= 0.6 is 0 Å². The third-order valence-corrected chi connectivity index (χ3v) is 2.52. The summed E-state index contributed by atoms with van der Waals surface area (Å²) in [4.78, 5) is 11.3. The molecule has 0 saturated heterocycles. The number of esters is 1. The van der Waals surface area contributed by atoms with Gasteiger partial charge in [-0.1, -0.05) is 17.3 Å². The molecule has 100 valence electrons. The standard InChI is InChI=1S/C13H15N3O3/c1-3-19-13(17)9-16-8-11(14-15-16)10-6-4-5-7-12(10)18-2/h4-8H,3,9H2,1-2H3. The first kappa shape index (κ1) is 13.1. The Labute approximate surface area is 110 Å². The molecule has 0 aliphatic rings. The minimum Gasteiger partial charge on any atom is -0.496 e. The van der Waals surface area contributed by atoms with Gasteiger partial charge in [0.05, 0.1) is 19.9 Å². The lowest BCUT2D eigenvalue weighted by Crippen LogP contribution is -2.13. The van der Waals surface area contributed by atoms with Crippen LogP contribution < -0.4 is 4.74 Å². The highest BCUT2D eigenvalue weighted by atomic mass is 16.5. The molecule has 2 rings (SSSR count). The number of rotatable bonds is 5. The van der Waals surface area contributed by atoms with Gasteiger partial charge in [-0.05, 0) is 19.1 Å². The van der Waals surface area contributed by atoms with E-state index < -0.39 is 0 Å². The molecule has 0 aliphatic heterocycles. The lowest BCUT2D eigenvalue weighted by Gasteiger charge is -2.04. The first-order valence-corrected chi connectivity index (χ1v) is 5.93. The van der Waals surface area contributed by atoms with E-state index in [0.29, 0.717) is 18.1 Å². The van der Waals surface area contributed by atoms with Crippen molar-refractivity contribution in [3.63, 3.8) is 0 Å². The second-order valence-corrected chi connectivity index (χ2v) is 3.81. The van der Waals surface area contributed by atoms with Crippen LogP contribution in [0, 0.1) is 0 Å². The van der Waals surface area contributed by atoms with Gasteiger partial charge in [0, 0.05) is 5.56 Å². The number of carbonyl (C=O) groups excluding carboxylic acids is 1. The van der Waals surface area contributed by atoms with Gasteiger partial charge in [0.15, 0.2) is 0 Å². The summed E-state index contributed by atoms with van der Waals surface area (Å²) in [5.74, 6) is 0.379. The summed E-state index contributed by atoms with van der Waals surface area (Å²) in [6.45, 7) is 2.17. The predicted octanol–water partition coefficient (Wildman–Crippen LogP) is 1.52. The predicted molar refractivity (Wildman–Crippen MR) is 68.6 cm³/mol. The number of methoxy groups -OCH3 is 1. The van der Waals surface area contributed by atoms with Gasteiger partial charge in [0.1, 0.15) is 18.0 Å². The number of hydrogen-bond acceptors (Lipinski definition) is 5. The molecule has 0 fully saturated rings. The Kier molecular flexibility index (Phi) is 4.12. The number of benzene rings is 1. The lowest BCUT2D eigenvalue weighted by molar-refractivity contribution is -0.144. The summed E-state index contributed by atoms with van der Waals surface area (Å²) < 4.78 is 11.6. The molecule has 0 atom stereocenters. The minimum absolute atomic E-state index is 0.0516. The summed E-state index contributed by atoms with van der Waals surface area (Å²) in [6.07, 6.45) is 1.69. The van der Waals surface area contributed by atoms with Crippen molar-refractivity contribution in [3.05, 3.63) is 30.5 Å². The van der Waals surface area contributed by atoms with Crippen molar-refractivity contribution < 1.29 is 14.3 Å². The van der Waals surface area contributed by atoms with Crippen molar-refractivity contribution in [1.82, 2.24) is 15.0 Å². The summed E-state index contributed by atoms with van der Waals surface area (Å²) in [7, 11) is 1.60. The smallest absolute Gasteiger partial charge is 0.327 e. The first-order chi connectivity index (χ1) is 9.24. The zero-order valence-corrected chi connectivity index (χ0v) is 10.9. The van der Waals surface area contributed by atoms with E-state index in [0.717, 1.165) is 5.56 Å². The van der Waals surface area contributed by atoms with Crippen LogP contribution in [-0.4, -0.2) is 34.7 Å². The third kappa shape index (κ3) is 3.09. The van der Waals surface area contributed by atoms with Gasteiger partial charge in [0.2, 0.25) is 0 Å². The maximum atomic E-state index is 11.3. The summed E-state index contributed by atoms with van der Waals surface area (Å²) >= 11 is 0. The second-order valence-electron chi connectivity index (χ2n) is 3.81. The summed E-state index contributed by atoms with van der Waals surface area (Å²) in [6, 6.07) is 7.50. The average molecular weight is 261 g/mol. The molecule has 0 spiro atoms. The highest BCUT2D eigenvalue weighted by molar-refractivity contribution is 5.70. The van der Waals surface area contributed by atoms with Crippen molar-refractivity contribution in [1.29, 1.82) is 0 Å². The second kappa shape index (κ2) is 5.99. The minimum atomic E-state index is -0.334. The molecule has 0 amide bonds. The Morgan fingerprint density at radius 3 is 2.89 bits per heavy atom. The number of carbonyl (C=O) groups is 1. The van der Waals surface area contributed by atoms with Crippen molar-refractivity contribution >= 4 is 5.97 Å². The Morgan fingerprint density at radius 1 is 1.37 bits per heavy atom. The normalized spacial score (nSPS) is 10.2. The number of nitrogens with zero attached hydrogens (tertiary/aromatic N) is 3. The average Bonchev–Trinajstić information content (AvgIpc) is 2.87. The molecular formula is C13H15N3O3. The summed E-state index contributed by atoms with van der Waals surface area (Å²) in [5, 5.41) is 7.93. The molecule has 1 aromatic heterocycles. The quantitative estimate of drug-likeness (QED) is 0.763. The van der Waals surface area contributed by atoms with Gasteiger partial charge in [-0.3, -0.25) is 4.79 Å². The lowest BCUT2D eigenvalue weighted by atomic mass is 10.1. The van der Waals surface area contributed by atoms with Crippen molar-refractivity contribution in [2.75, 3.05) is 13.7 Å². The van der Waals surface area contributed by atoms with Crippen LogP contribution in [0.25, 0.3) is 11.3 Å². The van der Waals surface area contributed by atoms with Crippen molar-refractivity contribution in [2.45, 2.75) is 13.5 Å². The molecule has 0 radical (unpaired) electrons. The Hall–Kier alpha value is -2.37. The van der Waals surface area contributed by atoms with Gasteiger partial charge >= 0.3 is 5.97 Å². The van der Waals surface area contributed by atoms with E-state index in [1.54, 1.807) is 20.2 Å². The molecule has 1 heterocycles. The number of aromatic nitrogens is 3. The molecule has 1 aromatic carbocycles. The largest absolute Gasteiger partial charge is 0.496 e. The van der Waals surface area contributed by atoms with Crippen LogP contribution in [0.1, 0.15) is 6.92 Å².